The molecule has 0 spiro atoms. The molecule has 0 radical (unpaired) electrons. The van der Waals surface area contributed by atoms with E-state index in [0.717, 1.165) is 61.2 Å². The number of hydrogen-bond donors (Lipinski definition) is 0. The number of fused-ring (bicyclic) bond motifs is 2. The molecule has 0 amide bonds. The molecule has 1 aromatic heterocycles. The highest BCUT2D eigenvalue weighted by molar-refractivity contribution is 6.13. The Hall–Kier alpha value is -6.00. The Kier molecular flexibility index (Phi) is 6.92. The van der Waals surface area contributed by atoms with Crippen molar-refractivity contribution in [3.8, 4) is 56.4 Å². The highest BCUT2D eigenvalue weighted by Crippen LogP contribution is 2.43. The molecule has 6 aromatic carbocycles. The molecule has 1 aliphatic carbocycles. The zero-order valence-corrected chi connectivity index (χ0v) is 26.2. The summed E-state index contributed by atoms with van der Waals surface area (Å²) in [6.45, 7) is 4.41. The largest absolute Gasteiger partial charge is 0.289 e. The molecule has 1 heterocycles. The number of ketones is 1. The predicted octanol–water partition coefficient (Wildman–Crippen LogP) is 10.1. The van der Waals surface area contributed by atoms with Crippen LogP contribution in [0.1, 0.15) is 40.9 Å². The summed E-state index contributed by atoms with van der Waals surface area (Å²) in [6.07, 6.45) is 0. The Morgan fingerprint density at radius 3 is 1.43 bits per heavy atom. The summed E-state index contributed by atoms with van der Waals surface area (Å²) in [6, 6.07) is 51.2. The van der Waals surface area contributed by atoms with E-state index < -0.39 is 0 Å². The lowest BCUT2D eigenvalue weighted by Gasteiger charge is -2.34. The number of carbonyl (C=O) groups is 1. The van der Waals surface area contributed by atoms with Crippen LogP contribution in [0.5, 0.6) is 0 Å². The van der Waals surface area contributed by atoms with Gasteiger partial charge in [-0.25, -0.2) is 15.0 Å². The molecule has 0 saturated carbocycles. The fraction of sp³-hybridized carbons (Fsp3) is 0.0698. The third-order valence-electron chi connectivity index (χ3n) is 9.15. The lowest BCUT2D eigenvalue weighted by molar-refractivity contribution is 0.103. The SMILES string of the molecule is CC1(C)c2ccccc2C(=O)c2ccc(-c3cccc(-c4ccc(-c5nc(-c6ccccc6)nc(-c6ccccc6)n5)cc4)c3)cc21. The second-order valence-electron chi connectivity index (χ2n) is 12.5. The quantitative estimate of drug-likeness (QED) is 0.196. The van der Waals surface area contributed by atoms with Crippen molar-refractivity contribution in [2.45, 2.75) is 19.3 Å². The topological polar surface area (TPSA) is 55.7 Å². The molecule has 4 nitrogen and oxygen atoms in total. The van der Waals surface area contributed by atoms with Gasteiger partial charge in [0.05, 0.1) is 0 Å². The average Bonchev–Trinajstić information content (AvgIpc) is 3.14. The number of carbonyl (C=O) groups excluding carboxylic acids is 1. The summed E-state index contributed by atoms with van der Waals surface area (Å²) in [5.74, 6) is 2.01. The Morgan fingerprint density at radius 1 is 0.383 bits per heavy atom. The van der Waals surface area contributed by atoms with E-state index in [9.17, 15) is 4.79 Å². The first-order valence-corrected chi connectivity index (χ1v) is 15.8. The highest BCUT2D eigenvalue weighted by Gasteiger charge is 2.36. The molecule has 0 bridgehead atoms. The van der Waals surface area contributed by atoms with E-state index >= 15 is 0 Å². The van der Waals surface area contributed by atoms with Gasteiger partial charge in [0, 0.05) is 33.2 Å². The van der Waals surface area contributed by atoms with Crippen molar-refractivity contribution in [1.82, 2.24) is 15.0 Å². The second kappa shape index (κ2) is 11.4. The number of rotatable bonds is 5. The van der Waals surface area contributed by atoms with Crippen LogP contribution in [0.2, 0.25) is 0 Å². The Labute approximate surface area is 274 Å². The molecule has 0 saturated heterocycles. The van der Waals surface area contributed by atoms with Gasteiger partial charge in [-0.05, 0) is 45.5 Å². The Bertz CT molecular complexity index is 2220. The van der Waals surface area contributed by atoms with Crippen molar-refractivity contribution in [3.63, 3.8) is 0 Å². The first-order valence-electron chi connectivity index (χ1n) is 15.8. The van der Waals surface area contributed by atoms with Crippen LogP contribution in [0.15, 0.2) is 152 Å². The first-order chi connectivity index (χ1) is 23.0. The molecule has 7 aromatic rings. The summed E-state index contributed by atoms with van der Waals surface area (Å²) < 4.78 is 0. The number of hydrogen-bond acceptors (Lipinski definition) is 4. The van der Waals surface area contributed by atoms with Gasteiger partial charge in [0.25, 0.3) is 0 Å². The van der Waals surface area contributed by atoms with Gasteiger partial charge in [0.15, 0.2) is 23.3 Å². The van der Waals surface area contributed by atoms with Crippen LogP contribution in [-0.4, -0.2) is 20.7 Å². The molecule has 1 aliphatic rings. The van der Waals surface area contributed by atoms with E-state index in [-0.39, 0.29) is 11.2 Å². The molecule has 0 atom stereocenters. The van der Waals surface area contributed by atoms with Crippen LogP contribution in [0.4, 0.5) is 0 Å². The third kappa shape index (κ3) is 5.14. The van der Waals surface area contributed by atoms with Gasteiger partial charge in [0.1, 0.15) is 0 Å². The zero-order chi connectivity index (χ0) is 32.0. The van der Waals surface area contributed by atoms with Gasteiger partial charge in [-0.3, -0.25) is 4.79 Å². The lowest BCUT2D eigenvalue weighted by Crippen LogP contribution is -2.30. The maximum atomic E-state index is 13.4. The van der Waals surface area contributed by atoms with Crippen LogP contribution >= 0.6 is 0 Å². The van der Waals surface area contributed by atoms with Crippen LogP contribution in [-0.2, 0) is 5.41 Å². The zero-order valence-electron chi connectivity index (χ0n) is 26.2. The van der Waals surface area contributed by atoms with Crippen molar-refractivity contribution in [1.29, 1.82) is 0 Å². The molecule has 224 valence electrons. The molecule has 4 heteroatoms. The van der Waals surface area contributed by atoms with E-state index in [2.05, 4.69) is 80.6 Å². The normalized spacial score (nSPS) is 13.1. The second-order valence-corrected chi connectivity index (χ2v) is 12.5. The van der Waals surface area contributed by atoms with E-state index in [0.29, 0.717) is 17.5 Å². The summed E-state index contributed by atoms with van der Waals surface area (Å²) in [4.78, 5) is 27.9. The average molecular weight is 606 g/mol. The molecule has 8 rings (SSSR count). The molecule has 0 unspecified atom stereocenters. The third-order valence-corrected chi connectivity index (χ3v) is 9.15. The van der Waals surface area contributed by atoms with Crippen LogP contribution in [0.3, 0.4) is 0 Å². The molecule has 0 fully saturated rings. The van der Waals surface area contributed by atoms with Crippen LogP contribution in [0, 0.1) is 0 Å². The Morgan fingerprint density at radius 2 is 0.809 bits per heavy atom. The van der Waals surface area contributed by atoms with Gasteiger partial charge in [-0.15, -0.1) is 0 Å². The summed E-state index contributed by atoms with van der Waals surface area (Å²) in [5, 5.41) is 0. The monoisotopic (exact) mass is 605 g/mol. The molecular formula is C43H31N3O. The fourth-order valence-corrected chi connectivity index (χ4v) is 6.58. The molecule has 47 heavy (non-hydrogen) atoms. The van der Waals surface area contributed by atoms with Crippen molar-refractivity contribution in [3.05, 3.63) is 174 Å². The fourth-order valence-electron chi connectivity index (χ4n) is 6.58. The van der Waals surface area contributed by atoms with E-state index in [1.54, 1.807) is 0 Å². The van der Waals surface area contributed by atoms with E-state index in [1.165, 1.54) is 0 Å². The van der Waals surface area contributed by atoms with Gasteiger partial charge in [0.2, 0.25) is 0 Å². The van der Waals surface area contributed by atoms with E-state index in [4.69, 9.17) is 15.0 Å². The minimum absolute atomic E-state index is 0.0975. The maximum Gasteiger partial charge on any atom is 0.193 e. The first kappa shape index (κ1) is 28.5. The smallest absolute Gasteiger partial charge is 0.193 e. The highest BCUT2D eigenvalue weighted by atomic mass is 16.1. The van der Waals surface area contributed by atoms with Crippen molar-refractivity contribution >= 4 is 5.78 Å². The van der Waals surface area contributed by atoms with E-state index in [1.807, 2.05) is 84.9 Å². The summed E-state index contributed by atoms with van der Waals surface area (Å²) in [5.41, 5.74) is 10.7. The van der Waals surface area contributed by atoms with Crippen molar-refractivity contribution < 1.29 is 4.79 Å². The Balaban J connectivity index is 1.13. The lowest BCUT2D eigenvalue weighted by atomic mass is 9.68. The van der Waals surface area contributed by atoms with Crippen molar-refractivity contribution in [2.24, 2.45) is 0 Å². The minimum atomic E-state index is -0.279. The summed E-state index contributed by atoms with van der Waals surface area (Å²) in [7, 11) is 0. The number of aromatic nitrogens is 3. The van der Waals surface area contributed by atoms with Gasteiger partial charge < -0.3 is 0 Å². The van der Waals surface area contributed by atoms with Gasteiger partial charge in [-0.2, -0.15) is 0 Å². The minimum Gasteiger partial charge on any atom is -0.289 e. The van der Waals surface area contributed by atoms with Crippen LogP contribution in [0.25, 0.3) is 56.4 Å². The molecule has 0 N–H and O–H groups in total. The van der Waals surface area contributed by atoms with Gasteiger partial charge >= 0.3 is 0 Å². The number of benzene rings is 6. The standard InChI is InChI=1S/C43H31N3O/c1-43(2)37-19-10-9-18-35(37)39(47)36-25-24-34(27-38(36)43)33-17-11-16-32(26-33)28-20-22-31(23-21-28)42-45-40(29-12-5-3-6-13-29)44-41(46-42)30-14-7-4-8-15-30/h3-27H,1-2H3. The van der Waals surface area contributed by atoms with Crippen LogP contribution < -0.4 is 0 Å². The number of nitrogens with zero attached hydrogens (tertiary/aromatic N) is 3. The molecular weight excluding hydrogens is 574 g/mol. The predicted molar refractivity (Wildman–Crippen MR) is 189 cm³/mol. The van der Waals surface area contributed by atoms with Crippen molar-refractivity contribution in [2.75, 3.05) is 0 Å². The molecule has 0 aliphatic heterocycles. The van der Waals surface area contributed by atoms with Gasteiger partial charge in [-0.1, -0.05) is 153 Å². The summed E-state index contributed by atoms with van der Waals surface area (Å²) >= 11 is 0. The maximum absolute atomic E-state index is 13.4.